The van der Waals surface area contributed by atoms with Gasteiger partial charge in [0.1, 0.15) is 5.82 Å². The Morgan fingerprint density at radius 2 is 1.73 bits per heavy atom. The molecule has 166 valence electrons. The summed E-state index contributed by atoms with van der Waals surface area (Å²) >= 11 is 0. The minimum Gasteiger partial charge on any atom is -0.399 e. The Kier molecular flexibility index (Phi) is 6.75. The maximum absolute atomic E-state index is 13.1. The Hall–Kier alpha value is -4.04. The van der Waals surface area contributed by atoms with Crippen LogP contribution < -0.4 is 5.73 Å². The molecule has 1 heterocycles. The first-order chi connectivity index (χ1) is 16.0. The molecule has 1 aromatic heterocycles. The lowest BCUT2D eigenvalue weighted by atomic mass is 10.1. The third-order valence-electron chi connectivity index (χ3n) is 5.61. The number of aromatic nitrogens is 2. The van der Waals surface area contributed by atoms with Crippen molar-refractivity contribution in [2.75, 3.05) is 12.3 Å². The van der Waals surface area contributed by atoms with E-state index in [1.807, 2.05) is 84.6 Å². The van der Waals surface area contributed by atoms with Crippen molar-refractivity contribution in [3.63, 3.8) is 0 Å². The molecule has 1 amide bonds. The maximum Gasteiger partial charge on any atom is 0.227 e. The fourth-order valence-electron chi connectivity index (χ4n) is 3.81. The van der Waals surface area contributed by atoms with Crippen LogP contribution in [-0.4, -0.2) is 27.3 Å². The molecule has 3 aromatic carbocycles. The van der Waals surface area contributed by atoms with E-state index in [-0.39, 0.29) is 11.9 Å². The average Bonchev–Trinajstić information content (AvgIpc) is 3.26. The number of aromatic amines is 1. The molecule has 4 aromatic rings. The lowest BCUT2D eigenvalue weighted by molar-refractivity contribution is -0.132. The van der Waals surface area contributed by atoms with Gasteiger partial charge < -0.3 is 15.6 Å². The van der Waals surface area contributed by atoms with Gasteiger partial charge in [-0.3, -0.25) is 4.79 Å². The highest BCUT2D eigenvalue weighted by atomic mass is 16.2. The zero-order chi connectivity index (χ0) is 23.2. The zero-order valence-electron chi connectivity index (χ0n) is 19.0. The molecule has 5 nitrogen and oxygen atoms in total. The van der Waals surface area contributed by atoms with Gasteiger partial charge in [-0.15, -0.1) is 0 Å². The summed E-state index contributed by atoms with van der Waals surface area (Å²) in [5.41, 5.74) is 11.1. The van der Waals surface area contributed by atoms with Gasteiger partial charge in [0.05, 0.1) is 23.5 Å². The summed E-state index contributed by atoms with van der Waals surface area (Å²) < 4.78 is 0. The Morgan fingerprint density at radius 3 is 2.45 bits per heavy atom. The van der Waals surface area contributed by atoms with Crippen molar-refractivity contribution < 1.29 is 4.79 Å². The fraction of sp³-hybridized carbons (Fsp3) is 0.214. The predicted molar refractivity (Wildman–Crippen MR) is 133 cm³/mol. The summed E-state index contributed by atoms with van der Waals surface area (Å²) in [6, 6.07) is 23.1. The number of amides is 1. The lowest BCUT2D eigenvalue weighted by Crippen LogP contribution is -2.35. The van der Waals surface area contributed by atoms with Crippen LogP contribution in [0.2, 0.25) is 0 Å². The van der Waals surface area contributed by atoms with E-state index in [0.717, 1.165) is 45.7 Å². The number of benzene rings is 3. The van der Waals surface area contributed by atoms with E-state index < -0.39 is 0 Å². The van der Waals surface area contributed by atoms with Crippen LogP contribution in [-0.2, 0) is 11.2 Å². The molecule has 5 heteroatoms. The smallest absolute Gasteiger partial charge is 0.227 e. The van der Waals surface area contributed by atoms with Crippen LogP contribution >= 0.6 is 0 Å². The molecule has 0 radical (unpaired) electrons. The Morgan fingerprint density at radius 1 is 1.03 bits per heavy atom. The standard InChI is InChI=1S/C28H28N4O/c1-3-17-32(27(33)19-22-7-5-4-6-8-22)20(2)28-30-25-16-13-23(18-26(25)31-28)10-9-21-11-14-24(29)15-12-21/h4-8,11-16,18,20H,3,17,19,29H2,1-2H3,(H,30,31)/t20-/m0/s1. The number of nitrogen functional groups attached to an aromatic ring is 1. The van der Waals surface area contributed by atoms with Crippen molar-refractivity contribution in [1.82, 2.24) is 14.9 Å². The Balaban J connectivity index is 1.55. The van der Waals surface area contributed by atoms with Crippen LogP contribution in [0.3, 0.4) is 0 Å². The van der Waals surface area contributed by atoms with E-state index in [0.29, 0.717) is 13.0 Å². The van der Waals surface area contributed by atoms with Crippen molar-refractivity contribution in [2.45, 2.75) is 32.7 Å². The highest BCUT2D eigenvalue weighted by molar-refractivity contribution is 5.80. The monoisotopic (exact) mass is 436 g/mol. The highest BCUT2D eigenvalue weighted by Crippen LogP contribution is 2.23. The van der Waals surface area contributed by atoms with Crippen molar-refractivity contribution in [3.05, 3.63) is 95.3 Å². The normalized spacial score (nSPS) is 11.6. The number of nitrogens with zero attached hydrogens (tertiary/aromatic N) is 2. The molecular weight excluding hydrogens is 408 g/mol. The van der Waals surface area contributed by atoms with Crippen LogP contribution in [0.5, 0.6) is 0 Å². The summed E-state index contributed by atoms with van der Waals surface area (Å²) in [5.74, 6) is 7.24. The number of rotatable bonds is 6. The third kappa shape index (κ3) is 5.42. The zero-order valence-corrected chi connectivity index (χ0v) is 19.0. The van der Waals surface area contributed by atoms with Crippen LogP contribution in [0.1, 0.15) is 48.8 Å². The number of H-pyrrole nitrogens is 1. The van der Waals surface area contributed by atoms with Crippen molar-refractivity contribution >= 4 is 22.6 Å². The third-order valence-corrected chi connectivity index (χ3v) is 5.61. The van der Waals surface area contributed by atoms with Gasteiger partial charge in [0, 0.05) is 23.4 Å². The number of fused-ring (bicyclic) bond motifs is 1. The first kappa shape index (κ1) is 22.2. The number of hydrogen-bond donors (Lipinski definition) is 2. The maximum atomic E-state index is 13.1. The van der Waals surface area contributed by atoms with E-state index >= 15 is 0 Å². The molecule has 33 heavy (non-hydrogen) atoms. The molecule has 3 N–H and O–H groups in total. The molecule has 0 aliphatic rings. The van der Waals surface area contributed by atoms with Crippen LogP contribution in [0.25, 0.3) is 11.0 Å². The molecule has 0 aliphatic carbocycles. The summed E-state index contributed by atoms with van der Waals surface area (Å²) in [5, 5.41) is 0. The molecule has 1 atom stereocenters. The van der Waals surface area contributed by atoms with E-state index in [1.165, 1.54) is 0 Å². The van der Waals surface area contributed by atoms with E-state index in [4.69, 9.17) is 10.7 Å². The second kappa shape index (κ2) is 10.1. The predicted octanol–water partition coefficient (Wildman–Crippen LogP) is 5.09. The van der Waals surface area contributed by atoms with Gasteiger partial charge in [-0.05, 0) is 61.4 Å². The van der Waals surface area contributed by atoms with Gasteiger partial charge in [-0.25, -0.2) is 4.98 Å². The minimum atomic E-state index is -0.155. The van der Waals surface area contributed by atoms with E-state index in [1.54, 1.807) is 0 Å². The van der Waals surface area contributed by atoms with Gasteiger partial charge in [0.25, 0.3) is 0 Å². The second-order valence-electron chi connectivity index (χ2n) is 8.15. The van der Waals surface area contributed by atoms with Crippen LogP contribution in [0.4, 0.5) is 5.69 Å². The number of hydrogen-bond acceptors (Lipinski definition) is 3. The first-order valence-electron chi connectivity index (χ1n) is 11.2. The average molecular weight is 437 g/mol. The molecule has 0 spiro atoms. The van der Waals surface area contributed by atoms with Gasteiger partial charge in [0.2, 0.25) is 5.91 Å². The molecule has 0 bridgehead atoms. The summed E-state index contributed by atoms with van der Waals surface area (Å²) in [4.78, 5) is 23.2. The number of imidazole rings is 1. The molecule has 4 rings (SSSR count). The van der Waals surface area contributed by atoms with Gasteiger partial charge in [0.15, 0.2) is 0 Å². The topological polar surface area (TPSA) is 75.0 Å². The van der Waals surface area contributed by atoms with Crippen molar-refractivity contribution in [2.24, 2.45) is 0 Å². The number of nitrogens with one attached hydrogen (secondary N) is 1. The molecule has 0 saturated heterocycles. The van der Waals surface area contributed by atoms with Gasteiger partial charge in [-0.1, -0.05) is 49.1 Å². The van der Waals surface area contributed by atoms with Crippen LogP contribution in [0.15, 0.2) is 72.8 Å². The lowest BCUT2D eigenvalue weighted by Gasteiger charge is -2.28. The Labute approximate surface area is 194 Å². The fourth-order valence-corrected chi connectivity index (χ4v) is 3.81. The number of nitrogens with two attached hydrogens (primary N) is 1. The molecule has 0 fully saturated rings. The van der Waals surface area contributed by atoms with E-state index in [2.05, 4.69) is 23.7 Å². The van der Waals surface area contributed by atoms with Gasteiger partial charge >= 0.3 is 0 Å². The molecule has 0 unspecified atom stereocenters. The van der Waals surface area contributed by atoms with Crippen LogP contribution in [0, 0.1) is 11.8 Å². The summed E-state index contributed by atoms with van der Waals surface area (Å²) in [6.45, 7) is 4.79. The first-order valence-corrected chi connectivity index (χ1v) is 11.2. The molecular formula is C28H28N4O. The summed E-state index contributed by atoms with van der Waals surface area (Å²) in [6.07, 6.45) is 1.27. The minimum absolute atomic E-state index is 0.103. The molecule has 0 saturated carbocycles. The number of carbonyl (C=O) groups excluding carboxylic acids is 1. The largest absolute Gasteiger partial charge is 0.399 e. The van der Waals surface area contributed by atoms with Gasteiger partial charge in [-0.2, -0.15) is 0 Å². The quantitative estimate of drug-likeness (QED) is 0.327. The number of anilines is 1. The summed E-state index contributed by atoms with van der Waals surface area (Å²) in [7, 11) is 0. The van der Waals surface area contributed by atoms with E-state index in [9.17, 15) is 4.79 Å². The Bertz CT molecular complexity index is 1300. The van der Waals surface area contributed by atoms with Crippen molar-refractivity contribution in [1.29, 1.82) is 0 Å². The highest BCUT2D eigenvalue weighted by Gasteiger charge is 2.23. The number of carbonyl (C=O) groups is 1. The van der Waals surface area contributed by atoms with Crippen molar-refractivity contribution in [3.8, 4) is 11.8 Å². The SMILES string of the molecule is CCCN(C(=O)Cc1ccccc1)[C@@H](C)c1nc2ccc(C#Cc3ccc(N)cc3)cc2[nH]1. The second-order valence-corrected chi connectivity index (χ2v) is 8.15. The molecule has 0 aliphatic heterocycles.